The van der Waals surface area contributed by atoms with E-state index in [4.69, 9.17) is 4.74 Å². The number of aliphatic hydroxyl groups excluding tert-OH is 2. The normalized spacial score (nSPS) is 24.4. The fourth-order valence-corrected chi connectivity index (χ4v) is 3.21. The van der Waals surface area contributed by atoms with Gasteiger partial charge in [0.15, 0.2) is 0 Å². The minimum Gasteiger partial charge on any atom is -0.444 e. The van der Waals surface area contributed by atoms with E-state index in [9.17, 15) is 15.0 Å². The monoisotopic (exact) mass is 285 g/mol. The predicted molar refractivity (Wildman–Crippen MR) is 75.3 cm³/mol. The zero-order valence-electron chi connectivity index (χ0n) is 12.8. The van der Waals surface area contributed by atoms with Gasteiger partial charge in [0.2, 0.25) is 0 Å². The van der Waals surface area contributed by atoms with Gasteiger partial charge in [-0.1, -0.05) is 0 Å². The Kier molecular flexibility index (Phi) is 4.04. The molecular formula is C15H27NO4. The molecule has 1 amide bonds. The van der Waals surface area contributed by atoms with Crippen LogP contribution in [0.3, 0.4) is 0 Å². The highest BCUT2D eigenvalue weighted by atomic mass is 16.6. The maximum absolute atomic E-state index is 11.9. The molecule has 1 spiro atoms. The molecular weight excluding hydrogens is 258 g/mol. The summed E-state index contributed by atoms with van der Waals surface area (Å²) in [7, 11) is 0. The van der Waals surface area contributed by atoms with Crippen molar-refractivity contribution in [3.05, 3.63) is 0 Å². The summed E-state index contributed by atoms with van der Waals surface area (Å²) in [5.41, 5.74) is -0.572. The van der Waals surface area contributed by atoms with Crippen LogP contribution in [0.15, 0.2) is 0 Å². The van der Waals surface area contributed by atoms with E-state index in [1.54, 1.807) is 4.90 Å². The molecule has 116 valence electrons. The molecule has 1 aliphatic carbocycles. The second kappa shape index (κ2) is 5.19. The van der Waals surface area contributed by atoms with Crippen LogP contribution in [0, 0.1) is 10.8 Å². The Bertz CT molecular complexity index is 353. The number of amides is 1. The van der Waals surface area contributed by atoms with Gasteiger partial charge in [0.25, 0.3) is 0 Å². The van der Waals surface area contributed by atoms with Crippen molar-refractivity contribution < 1.29 is 19.7 Å². The molecule has 0 unspecified atom stereocenters. The third-order valence-electron chi connectivity index (χ3n) is 4.75. The summed E-state index contributed by atoms with van der Waals surface area (Å²) in [4.78, 5) is 13.7. The van der Waals surface area contributed by atoms with Crippen LogP contribution in [0.25, 0.3) is 0 Å². The van der Waals surface area contributed by atoms with Gasteiger partial charge in [-0.3, -0.25) is 0 Å². The lowest BCUT2D eigenvalue weighted by molar-refractivity contribution is -0.0839. The molecule has 5 nitrogen and oxygen atoms in total. The molecule has 1 heterocycles. The quantitative estimate of drug-likeness (QED) is 0.811. The van der Waals surface area contributed by atoms with Crippen LogP contribution < -0.4 is 0 Å². The second-order valence-electron chi connectivity index (χ2n) is 7.65. The Hall–Kier alpha value is -0.810. The zero-order chi connectivity index (χ0) is 15.0. The first-order valence-corrected chi connectivity index (χ1v) is 7.43. The van der Waals surface area contributed by atoms with Crippen LogP contribution >= 0.6 is 0 Å². The Morgan fingerprint density at radius 2 is 1.60 bits per heavy atom. The fourth-order valence-electron chi connectivity index (χ4n) is 3.21. The van der Waals surface area contributed by atoms with Crippen molar-refractivity contribution in [2.45, 2.75) is 52.1 Å². The molecule has 1 saturated heterocycles. The van der Waals surface area contributed by atoms with E-state index in [-0.39, 0.29) is 30.1 Å². The maximum Gasteiger partial charge on any atom is 0.410 e. The summed E-state index contributed by atoms with van der Waals surface area (Å²) in [5, 5.41) is 18.9. The number of hydrogen-bond acceptors (Lipinski definition) is 4. The van der Waals surface area contributed by atoms with Crippen molar-refractivity contribution >= 4 is 6.09 Å². The largest absolute Gasteiger partial charge is 0.444 e. The zero-order valence-corrected chi connectivity index (χ0v) is 12.8. The highest BCUT2D eigenvalue weighted by Gasteiger charge is 2.50. The van der Waals surface area contributed by atoms with Gasteiger partial charge >= 0.3 is 6.09 Å². The average Bonchev–Trinajstić information content (AvgIpc) is 2.34. The summed E-state index contributed by atoms with van der Waals surface area (Å²) in [6, 6.07) is 0. The summed E-state index contributed by atoms with van der Waals surface area (Å²) < 4.78 is 5.37. The summed E-state index contributed by atoms with van der Waals surface area (Å²) in [5.74, 6) is 0. The number of ether oxygens (including phenoxy) is 1. The molecule has 5 heteroatoms. The fraction of sp³-hybridized carbons (Fsp3) is 0.933. The van der Waals surface area contributed by atoms with Gasteiger partial charge in [-0.25, -0.2) is 4.79 Å². The molecule has 0 aromatic carbocycles. The molecule has 0 aromatic rings. The molecule has 1 aliphatic heterocycles. The van der Waals surface area contributed by atoms with Crippen molar-refractivity contribution in [2.24, 2.45) is 10.8 Å². The molecule has 0 atom stereocenters. The smallest absolute Gasteiger partial charge is 0.410 e. The molecule has 0 aromatic heterocycles. The number of nitrogens with zero attached hydrogens (tertiary/aromatic N) is 1. The van der Waals surface area contributed by atoms with Crippen molar-refractivity contribution in [2.75, 3.05) is 26.3 Å². The lowest BCUT2D eigenvalue weighted by Crippen LogP contribution is -2.61. The highest BCUT2D eigenvalue weighted by Crippen LogP contribution is 2.50. The molecule has 2 fully saturated rings. The van der Waals surface area contributed by atoms with Crippen molar-refractivity contribution in [1.82, 2.24) is 4.90 Å². The molecule has 0 radical (unpaired) electrons. The third kappa shape index (κ3) is 3.09. The van der Waals surface area contributed by atoms with Gasteiger partial charge in [-0.05, 0) is 46.5 Å². The van der Waals surface area contributed by atoms with Crippen LogP contribution in [0.5, 0.6) is 0 Å². The van der Waals surface area contributed by atoms with Crippen molar-refractivity contribution in [3.63, 3.8) is 0 Å². The molecule has 2 aliphatic rings. The number of aliphatic hydroxyl groups is 2. The van der Waals surface area contributed by atoms with E-state index in [0.717, 1.165) is 38.8 Å². The summed E-state index contributed by atoms with van der Waals surface area (Å²) >= 11 is 0. The molecule has 2 N–H and O–H groups in total. The number of hydrogen-bond donors (Lipinski definition) is 2. The van der Waals surface area contributed by atoms with Crippen molar-refractivity contribution in [1.29, 1.82) is 0 Å². The minimum absolute atomic E-state index is 0.0510. The Morgan fingerprint density at radius 1 is 1.10 bits per heavy atom. The Morgan fingerprint density at radius 3 is 2.00 bits per heavy atom. The first kappa shape index (κ1) is 15.6. The van der Waals surface area contributed by atoms with Gasteiger partial charge in [0.05, 0.1) is 13.2 Å². The van der Waals surface area contributed by atoms with Crippen LogP contribution in [0.4, 0.5) is 4.79 Å². The van der Waals surface area contributed by atoms with Gasteiger partial charge < -0.3 is 19.8 Å². The number of rotatable bonds is 2. The Balaban J connectivity index is 1.83. The Labute approximate surface area is 120 Å². The standard InChI is InChI=1S/C15H27NO4/c1-13(2,3)20-12(19)16-8-14(9-16)4-6-15(10-17,11-18)7-5-14/h17-18H,4-11H2,1-3H3. The summed E-state index contributed by atoms with van der Waals surface area (Å²) in [6.07, 6.45) is 3.37. The molecule has 1 saturated carbocycles. The maximum atomic E-state index is 11.9. The van der Waals surface area contributed by atoms with E-state index in [0.29, 0.717) is 0 Å². The first-order chi connectivity index (χ1) is 9.23. The second-order valence-corrected chi connectivity index (χ2v) is 7.65. The topological polar surface area (TPSA) is 70.0 Å². The van der Waals surface area contributed by atoms with Gasteiger partial charge in [-0.2, -0.15) is 0 Å². The highest BCUT2D eigenvalue weighted by molar-refractivity contribution is 5.69. The van der Waals surface area contributed by atoms with Crippen LogP contribution in [-0.4, -0.2) is 53.1 Å². The van der Waals surface area contributed by atoms with E-state index >= 15 is 0 Å². The van der Waals surface area contributed by atoms with Crippen LogP contribution in [0.2, 0.25) is 0 Å². The molecule has 2 rings (SSSR count). The van der Waals surface area contributed by atoms with Gasteiger partial charge in [0, 0.05) is 23.9 Å². The van der Waals surface area contributed by atoms with Gasteiger partial charge in [0.1, 0.15) is 5.60 Å². The van der Waals surface area contributed by atoms with Crippen LogP contribution in [-0.2, 0) is 4.74 Å². The average molecular weight is 285 g/mol. The first-order valence-electron chi connectivity index (χ1n) is 7.43. The SMILES string of the molecule is CC(C)(C)OC(=O)N1CC2(CCC(CO)(CO)CC2)C1. The van der Waals surface area contributed by atoms with Gasteiger partial charge in [-0.15, -0.1) is 0 Å². The van der Waals surface area contributed by atoms with Crippen molar-refractivity contribution in [3.8, 4) is 0 Å². The number of carbonyl (C=O) groups is 1. The lowest BCUT2D eigenvalue weighted by atomic mass is 9.61. The molecule has 20 heavy (non-hydrogen) atoms. The number of likely N-dealkylation sites (tertiary alicyclic amines) is 1. The van der Waals surface area contributed by atoms with Crippen LogP contribution in [0.1, 0.15) is 46.5 Å². The predicted octanol–water partition coefficient (Wildman–Crippen LogP) is 1.77. The van der Waals surface area contributed by atoms with E-state index in [1.807, 2.05) is 20.8 Å². The third-order valence-corrected chi connectivity index (χ3v) is 4.75. The lowest BCUT2D eigenvalue weighted by Gasteiger charge is -2.55. The number of carbonyl (C=O) groups excluding carboxylic acids is 1. The molecule has 0 bridgehead atoms. The van der Waals surface area contributed by atoms with E-state index in [1.165, 1.54) is 0 Å². The summed E-state index contributed by atoms with van der Waals surface area (Å²) in [6.45, 7) is 7.21. The minimum atomic E-state index is -0.449. The van der Waals surface area contributed by atoms with E-state index in [2.05, 4.69) is 0 Å². The van der Waals surface area contributed by atoms with E-state index < -0.39 is 5.60 Å².